The minimum Gasteiger partial charge on any atom is -0.325 e. The molecule has 1 saturated carbocycles. The van der Waals surface area contributed by atoms with Gasteiger partial charge in [0.25, 0.3) is 0 Å². The second kappa shape index (κ2) is 4.67. The Labute approximate surface area is 119 Å². The van der Waals surface area contributed by atoms with E-state index in [0.717, 1.165) is 12.0 Å². The van der Waals surface area contributed by atoms with E-state index in [0.29, 0.717) is 5.92 Å². The second-order valence-electron chi connectivity index (χ2n) is 2.93. The monoisotopic (exact) mass is 199 g/mol. The molecule has 0 amide bonds. The zero-order chi connectivity index (χ0) is 8.55. The van der Waals surface area contributed by atoms with Gasteiger partial charge in [-0.25, -0.2) is 4.39 Å². The van der Waals surface area contributed by atoms with Crippen molar-refractivity contribution in [3.05, 3.63) is 41.6 Å². The summed E-state index contributed by atoms with van der Waals surface area (Å²) in [6.45, 7) is 0. The van der Waals surface area contributed by atoms with Gasteiger partial charge in [0.05, 0.1) is 5.56 Å². The molecule has 0 aromatic heterocycles. The Bertz CT molecular complexity index is 352. The summed E-state index contributed by atoms with van der Waals surface area (Å²) < 4.78 is 13.0. The number of hydrogen-bond acceptors (Lipinski definition) is 1. The molecule has 1 aliphatic rings. The number of nitrogens with zero attached hydrogens (tertiary/aromatic N) is 1. The van der Waals surface area contributed by atoms with Crippen molar-refractivity contribution in [3.8, 4) is 6.07 Å². The first-order valence-corrected chi connectivity index (χ1v) is 3.84. The molecule has 0 N–H and O–H groups in total. The molecular weight excluding hydrogens is 192 g/mol. The Balaban J connectivity index is 0.000000845. The summed E-state index contributed by atoms with van der Waals surface area (Å²) in [6, 6.07) is 6.60. The zero-order valence-electron chi connectivity index (χ0n) is 7.42. The summed E-state index contributed by atoms with van der Waals surface area (Å²) in [6.07, 6.45) is 3.15. The SMILES string of the molecule is N#Cc1ccc([C@@H]2[CH-]C2)cc1F.[K+]. The van der Waals surface area contributed by atoms with E-state index < -0.39 is 5.82 Å². The van der Waals surface area contributed by atoms with Gasteiger partial charge in [-0.3, -0.25) is 0 Å². The average Bonchev–Trinajstić information content (AvgIpc) is 2.86. The van der Waals surface area contributed by atoms with Crippen molar-refractivity contribution in [2.45, 2.75) is 12.3 Å². The van der Waals surface area contributed by atoms with Crippen LogP contribution in [-0.4, -0.2) is 0 Å². The van der Waals surface area contributed by atoms with Crippen molar-refractivity contribution < 1.29 is 55.8 Å². The summed E-state index contributed by atoms with van der Waals surface area (Å²) in [5, 5.41) is 8.47. The van der Waals surface area contributed by atoms with Crippen LogP contribution >= 0.6 is 0 Å². The topological polar surface area (TPSA) is 23.8 Å². The van der Waals surface area contributed by atoms with Crippen molar-refractivity contribution in [2.75, 3.05) is 0 Å². The number of nitriles is 1. The fourth-order valence-electron chi connectivity index (χ4n) is 1.19. The fourth-order valence-corrected chi connectivity index (χ4v) is 1.19. The maximum Gasteiger partial charge on any atom is 1.00 e. The summed E-state index contributed by atoms with van der Waals surface area (Å²) in [4.78, 5) is 0. The van der Waals surface area contributed by atoms with Gasteiger partial charge in [-0.1, -0.05) is 11.6 Å². The standard InChI is InChI=1S/C10H7FN.K/c11-10-5-8(7-1-2-7)3-4-9(10)6-12;/h1,3-5,7H,2H2;/q-1;+1/t7-;/m1./s1. The van der Waals surface area contributed by atoms with Gasteiger partial charge in [0.1, 0.15) is 11.9 Å². The van der Waals surface area contributed by atoms with E-state index in [-0.39, 0.29) is 56.9 Å². The van der Waals surface area contributed by atoms with Gasteiger partial charge in [0, 0.05) is 0 Å². The molecule has 0 unspecified atom stereocenters. The summed E-state index contributed by atoms with van der Waals surface area (Å²) >= 11 is 0. The summed E-state index contributed by atoms with van der Waals surface area (Å²) in [5.74, 6) is 0.0162. The minimum atomic E-state index is -0.407. The van der Waals surface area contributed by atoms with Gasteiger partial charge in [-0.15, -0.1) is 0 Å². The molecule has 1 aromatic rings. The third-order valence-electron chi connectivity index (χ3n) is 2.01. The first kappa shape index (κ1) is 11.4. The Morgan fingerprint density at radius 1 is 1.54 bits per heavy atom. The molecule has 1 aliphatic carbocycles. The molecular formula is C10H7FKN. The van der Waals surface area contributed by atoms with Crippen molar-refractivity contribution in [3.63, 3.8) is 0 Å². The van der Waals surface area contributed by atoms with Crippen LogP contribution in [0.1, 0.15) is 23.5 Å². The van der Waals surface area contributed by atoms with Gasteiger partial charge in [0.15, 0.2) is 0 Å². The third-order valence-corrected chi connectivity index (χ3v) is 2.01. The van der Waals surface area contributed by atoms with Crippen LogP contribution in [0, 0.1) is 23.6 Å². The van der Waals surface area contributed by atoms with E-state index >= 15 is 0 Å². The Morgan fingerprint density at radius 2 is 2.23 bits per heavy atom. The van der Waals surface area contributed by atoms with E-state index in [1.54, 1.807) is 6.07 Å². The first-order valence-electron chi connectivity index (χ1n) is 3.84. The van der Waals surface area contributed by atoms with Gasteiger partial charge < -0.3 is 6.42 Å². The van der Waals surface area contributed by atoms with E-state index in [4.69, 9.17) is 5.26 Å². The molecule has 60 valence electrons. The normalized spacial score (nSPS) is 18.6. The molecule has 0 saturated heterocycles. The van der Waals surface area contributed by atoms with E-state index in [2.05, 4.69) is 6.42 Å². The molecule has 0 heterocycles. The van der Waals surface area contributed by atoms with Gasteiger partial charge >= 0.3 is 51.4 Å². The minimum absolute atomic E-state index is 0. The molecule has 1 aromatic carbocycles. The first-order chi connectivity index (χ1) is 5.81. The predicted octanol–water partition coefficient (Wildman–Crippen LogP) is -0.607. The molecule has 1 atom stereocenters. The smallest absolute Gasteiger partial charge is 0.325 e. The summed E-state index contributed by atoms with van der Waals surface area (Å²) in [5.41, 5.74) is 1.10. The summed E-state index contributed by atoms with van der Waals surface area (Å²) in [7, 11) is 0. The number of halogens is 1. The Morgan fingerprint density at radius 3 is 2.69 bits per heavy atom. The molecule has 0 bridgehead atoms. The number of hydrogen-bond donors (Lipinski definition) is 0. The molecule has 13 heavy (non-hydrogen) atoms. The predicted molar refractivity (Wildman–Crippen MR) is 42.8 cm³/mol. The fraction of sp³-hybridized carbons (Fsp3) is 0.200. The molecule has 0 aliphatic heterocycles. The van der Waals surface area contributed by atoms with Crippen LogP contribution in [0.3, 0.4) is 0 Å². The third kappa shape index (κ3) is 2.61. The molecule has 0 spiro atoms. The van der Waals surface area contributed by atoms with Crippen LogP contribution in [0.15, 0.2) is 18.2 Å². The Hall–Kier alpha value is 0.276. The van der Waals surface area contributed by atoms with Crippen LogP contribution in [0.25, 0.3) is 0 Å². The van der Waals surface area contributed by atoms with Crippen LogP contribution in [0.5, 0.6) is 0 Å². The van der Waals surface area contributed by atoms with Crippen LogP contribution < -0.4 is 51.4 Å². The maximum absolute atomic E-state index is 13.0. The van der Waals surface area contributed by atoms with Gasteiger partial charge in [-0.05, 0) is 12.1 Å². The van der Waals surface area contributed by atoms with E-state index in [1.165, 1.54) is 12.1 Å². The van der Waals surface area contributed by atoms with Crippen molar-refractivity contribution in [1.82, 2.24) is 0 Å². The maximum atomic E-state index is 13.0. The van der Waals surface area contributed by atoms with Gasteiger partial charge in [0.2, 0.25) is 0 Å². The molecule has 2 rings (SSSR count). The van der Waals surface area contributed by atoms with Gasteiger partial charge in [-0.2, -0.15) is 17.6 Å². The molecule has 1 nitrogen and oxygen atoms in total. The van der Waals surface area contributed by atoms with Crippen LogP contribution in [-0.2, 0) is 0 Å². The van der Waals surface area contributed by atoms with Crippen molar-refractivity contribution in [1.29, 1.82) is 5.26 Å². The quantitative estimate of drug-likeness (QED) is 0.437. The largest absolute Gasteiger partial charge is 1.00 e. The number of rotatable bonds is 1. The molecule has 3 heteroatoms. The molecule has 0 radical (unpaired) electrons. The van der Waals surface area contributed by atoms with E-state index in [9.17, 15) is 4.39 Å². The number of benzene rings is 1. The average molecular weight is 199 g/mol. The zero-order valence-corrected chi connectivity index (χ0v) is 10.5. The van der Waals surface area contributed by atoms with Crippen molar-refractivity contribution >= 4 is 0 Å². The second-order valence-corrected chi connectivity index (χ2v) is 2.93. The van der Waals surface area contributed by atoms with Crippen molar-refractivity contribution in [2.24, 2.45) is 0 Å². The van der Waals surface area contributed by atoms with Crippen LogP contribution in [0.2, 0.25) is 0 Å². The van der Waals surface area contributed by atoms with Crippen LogP contribution in [0.4, 0.5) is 4.39 Å². The Kier molecular flexibility index (Phi) is 4.08. The molecule has 1 fully saturated rings. The van der Waals surface area contributed by atoms with E-state index in [1.807, 2.05) is 6.07 Å².